The van der Waals surface area contributed by atoms with Gasteiger partial charge in [0.2, 0.25) is 0 Å². The molecule has 0 saturated carbocycles. The number of nitrogens with two attached hydrogens (primary N) is 2. The lowest BCUT2D eigenvalue weighted by atomic mass is 9.78. The van der Waals surface area contributed by atoms with Gasteiger partial charge in [-0.3, -0.25) is 0 Å². The molecular weight excluding hydrogens is 522 g/mol. The Bertz CT molecular complexity index is 1350. The maximum atomic E-state index is 13.4. The quantitative estimate of drug-likeness (QED) is 0.187. The summed E-state index contributed by atoms with van der Waals surface area (Å²) in [4.78, 5) is 0. The van der Waals surface area contributed by atoms with E-state index in [0.29, 0.717) is 0 Å². The molecule has 0 saturated heterocycles. The van der Waals surface area contributed by atoms with E-state index in [9.17, 15) is 26.3 Å². The van der Waals surface area contributed by atoms with Gasteiger partial charge >= 0.3 is 12.4 Å². The third-order valence-corrected chi connectivity index (χ3v) is 6.23. The van der Waals surface area contributed by atoms with Crippen LogP contribution < -0.4 is 20.9 Å². The van der Waals surface area contributed by atoms with Gasteiger partial charge in [0.25, 0.3) is 0 Å². The third-order valence-electron chi connectivity index (χ3n) is 6.23. The molecule has 4 nitrogen and oxygen atoms in total. The van der Waals surface area contributed by atoms with Crippen molar-refractivity contribution in [2.45, 2.75) is 31.6 Å². The molecule has 0 bridgehead atoms. The average Bonchev–Trinajstić information content (AvgIpc) is 2.85. The Hall–Kier alpha value is -4.34. The number of benzene rings is 4. The highest BCUT2D eigenvalue weighted by molar-refractivity contribution is 5.52. The molecule has 0 fully saturated rings. The van der Waals surface area contributed by atoms with Crippen molar-refractivity contribution in [1.29, 1.82) is 0 Å². The molecule has 0 aliphatic rings. The standard InChI is InChI=1S/C29H24F6N2O2/c1-27(2,17-3-9-21(10-4-17)38-25-13-7-19(36)15-23(25)28(30,31)32)18-5-11-22(12-6-18)39-26-14-8-20(37)16-24(26)29(33,34)35/h3-16H,36-37H2,1-2H3. The van der Waals surface area contributed by atoms with Crippen LogP contribution in [0.2, 0.25) is 0 Å². The molecule has 4 rings (SSSR count). The molecule has 0 heterocycles. The number of alkyl halides is 6. The number of anilines is 2. The number of rotatable bonds is 6. The van der Waals surface area contributed by atoms with Crippen LogP contribution in [0.4, 0.5) is 37.7 Å². The van der Waals surface area contributed by atoms with E-state index in [2.05, 4.69) is 0 Å². The highest BCUT2D eigenvalue weighted by atomic mass is 19.4. The smallest absolute Gasteiger partial charge is 0.420 e. The molecule has 10 heteroatoms. The Morgan fingerprint density at radius 1 is 0.513 bits per heavy atom. The monoisotopic (exact) mass is 546 g/mol. The zero-order valence-electron chi connectivity index (χ0n) is 20.8. The lowest BCUT2D eigenvalue weighted by Crippen LogP contribution is -2.18. The van der Waals surface area contributed by atoms with Crippen molar-refractivity contribution in [1.82, 2.24) is 0 Å². The highest BCUT2D eigenvalue weighted by Crippen LogP contribution is 2.41. The highest BCUT2D eigenvalue weighted by Gasteiger charge is 2.36. The summed E-state index contributed by atoms with van der Waals surface area (Å²) in [5.74, 6) is -0.321. The van der Waals surface area contributed by atoms with E-state index < -0.39 is 28.9 Å². The third kappa shape index (κ3) is 6.22. The summed E-state index contributed by atoms with van der Waals surface area (Å²) in [5, 5.41) is 0. The van der Waals surface area contributed by atoms with Gasteiger partial charge in [-0.05, 0) is 71.8 Å². The van der Waals surface area contributed by atoms with Crippen molar-refractivity contribution >= 4 is 11.4 Å². The molecule has 4 N–H and O–H groups in total. The topological polar surface area (TPSA) is 70.5 Å². The van der Waals surface area contributed by atoms with Crippen LogP contribution in [0.3, 0.4) is 0 Å². The van der Waals surface area contributed by atoms with Crippen molar-refractivity contribution in [3.8, 4) is 23.0 Å². The van der Waals surface area contributed by atoms with Gasteiger partial charge in [-0.2, -0.15) is 26.3 Å². The molecule has 0 amide bonds. The van der Waals surface area contributed by atoms with Crippen LogP contribution >= 0.6 is 0 Å². The lowest BCUT2D eigenvalue weighted by molar-refractivity contribution is -0.139. The Balaban J connectivity index is 1.52. The van der Waals surface area contributed by atoms with E-state index >= 15 is 0 Å². The molecule has 0 spiro atoms. The van der Waals surface area contributed by atoms with Gasteiger partial charge in [-0.25, -0.2) is 0 Å². The molecule has 0 unspecified atom stereocenters. The second-order valence-electron chi connectivity index (χ2n) is 9.38. The SMILES string of the molecule is CC(C)(c1ccc(Oc2ccc(N)cc2C(F)(F)F)cc1)c1ccc(Oc2ccc(N)cc2C(F)(F)F)cc1. The van der Waals surface area contributed by atoms with Gasteiger partial charge in [-0.1, -0.05) is 38.1 Å². The van der Waals surface area contributed by atoms with Crippen LogP contribution in [0, 0.1) is 0 Å². The summed E-state index contributed by atoms with van der Waals surface area (Å²) in [5.41, 5.74) is 10.1. The Labute approximate surface area is 220 Å². The largest absolute Gasteiger partial charge is 0.457 e. The second-order valence-corrected chi connectivity index (χ2v) is 9.38. The molecule has 0 aliphatic carbocycles. The van der Waals surface area contributed by atoms with E-state index in [4.69, 9.17) is 20.9 Å². The molecule has 0 aromatic heterocycles. The second kappa shape index (κ2) is 10.1. The fourth-order valence-electron chi connectivity index (χ4n) is 4.02. The average molecular weight is 547 g/mol. The number of nitrogen functional groups attached to an aromatic ring is 2. The van der Waals surface area contributed by atoms with Gasteiger partial charge in [0.05, 0.1) is 0 Å². The van der Waals surface area contributed by atoms with Gasteiger partial charge in [-0.15, -0.1) is 0 Å². The first-order valence-electron chi connectivity index (χ1n) is 11.6. The predicted octanol–water partition coefficient (Wildman–Crippen LogP) is 8.80. The Morgan fingerprint density at radius 3 is 1.15 bits per heavy atom. The van der Waals surface area contributed by atoms with Gasteiger partial charge in [0.15, 0.2) is 0 Å². The summed E-state index contributed by atoms with van der Waals surface area (Å²) in [6.45, 7) is 3.87. The molecule has 0 atom stereocenters. The fraction of sp³-hybridized carbons (Fsp3) is 0.172. The molecule has 4 aromatic carbocycles. The zero-order valence-corrected chi connectivity index (χ0v) is 20.8. The number of ether oxygens (including phenoxy) is 2. The van der Waals surface area contributed by atoms with Crippen molar-refractivity contribution in [2.24, 2.45) is 0 Å². The summed E-state index contributed by atoms with van der Waals surface area (Å²) in [6.07, 6.45) is -9.27. The van der Waals surface area contributed by atoms with Crippen LogP contribution in [-0.2, 0) is 17.8 Å². The summed E-state index contributed by atoms with van der Waals surface area (Å²) in [7, 11) is 0. The first-order valence-corrected chi connectivity index (χ1v) is 11.6. The maximum Gasteiger partial charge on any atom is 0.420 e. The van der Waals surface area contributed by atoms with Gasteiger partial charge in [0.1, 0.15) is 34.1 Å². The summed E-state index contributed by atoms with van der Waals surface area (Å²) in [6, 6.07) is 19.8. The lowest BCUT2D eigenvalue weighted by Gasteiger charge is -2.26. The van der Waals surface area contributed by atoms with E-state index in [1.807, 2.05) is 13.8 Å². The minimum atomic E-state index is -4.63. The van der Waals surface area contributed by atoms with Crippen LogP contribution in [0.15, 0.2) is 84.9 Å². The summed E-state index contributed by atoms with van der Waals surface area (Å²) >= 11 is 0. The Kier molecular flexibility index (Phi) is 7.16. The fourth-order valence-corrected chi connectivity index (χ4v) is 4.02. The summed E-state index contributed by atoms with van der Waals surface area (Å²) < 4.78 is 91.3. The minimum Gasteiger partial charge on any atom is -0.457 e. The van der Waals surface area contributed by atoms with Crippen LogP contribution in [0.5, 0.6) is 23.0 Å². The number of halogens is 6. The van der Waals surface area contributed by atoms with Crippen LogP contribution in [0.1, 0.15) is 36.1 Å². The molecule has 204 valence electrons. The zero-order chi connectivity index (χ0) is 28.6. The number of hydrogen-bond donors (Lipinski definition) is 2. The minimum absolute atomic E-state index is 0.0301. The molecule has 0 aliphatic heterocycles. The van der Waals surface area contributed by atoms with E-state index in [0.717, 1.165) is 23.3 Å². The normalized spacial score (nSPS) is 12.3. The molecule has 0 radical (unpaired) electrons. The molecule has 39 heavy (non-hydrogen) atoms. The first-order chi connectivity index (χ1) is 18.1. The molecular formula is C29H24F6N2O2. The van der Waals surface area contributed by atoms with Gasteiger partial charge in [0, 0.05) is 16.8 Å². The van der Waals surface area contributed by atoms with Crippen molar-refractivity contribution in [2.75, 3.05) is 11.5 Å². The van der Waals surface area contributed by atoms with E-state index in [1.165, 1.54) is 24.3 Å². The van der Waals surface area contributed by atoms with Crippen molar-refractivity contribution < 1.29 is 35.8 Å². The van der Waals surface area contributed by atoms with Crippen LogP contribution in [0.25, 0.3) is 0 Å². The first kappa shape index (κ1) is 27.7. The van der Waals surface area contributed by atoms with E-state index in [1.54, 1.807) is 48.5 Å². The number of hydrogen-bond acceptors (Lipinski definition) is 4. The predicted molar refractivity (Wildman–Crippen MR) is 137 cm³/mol. The van der Waals surface area contributed by atoms with E-state index in [-0.39, 0.29) is 34.4 Å². The molecule has 4 aromatic rings. The van der Waals surface area contributed by atoms with Crippen molar-refractivity contribution in [3.05, 3.63) is 107 Å². The van der Waals surface area contributed by atoms with Crippen molar-refractivity contribution in [3.63, 3.8) is 0 Å². The Morgan fingerprint density at radius 2 is 0.846 bits per heavy atom. The maximum absolute atomic E-state index is 13.4. The van der Waals surface area contributed by atoms with Crippen LogP contribution in [-0.4, -0.2) is 0 Å². The van der Waals surface area contributed by atoms with Gasteiger partial charge < -0.3 is 20.9 Å².